The summed E-state index contributed by atoms with van der Waals surface area (Å²) in [5.41, 5.74) is 3.22. The van der Waals surface area contributed by atoms with Gasteiger partial charge in [0, 0.05) is 13.6 Å². The van der Waals surface area contributed by atoms with Gasteiger partial charge in [-0.15, -0.1) is 0 Å². The number of aromatic nitrogens is 2. The van der Waals surface area contributed by atoms with Crippen LogP contribution in [0.2, 0.25) is 0 Å². The number of carbonyl (C=O) groups is 1. The van der Waals surface area contributed by atoms with Crippen molar-refractivity contribution in [1.29, 1.82) is 0 Å². The third-order valence-electron chi connectivity index (χ3n) is 3.65. The van der Waals surface area contributed by atoms with E-state index in [1.54, 1.807) is 13.0 Å². The SMILES string of the molecule is Cc1nc2ccc(CN(C)C3=CC=C(C=O)[B]3)cc2c(=O)[nH]1. The Morgan fingerprint density at radius 1 is 1.36 bits per heavy atom. The van der Waals surface area contributed by atoms with Crippen LogP contribution in [0.1, 0.15) is 11.4 Å². The Morgan fingerprint density at radius 3 is 2.91 bits per heavy atom. The molecule has 0 unspecified atom stereocenters. The second-order valence-corrected chi connectivity index (χ2v) is 5.38. The number of carbonyl (C=O) groups excluding carboxylic acids is 1. The predicted octanol–water partition coefficient (Wildman–Crippen LogP) is 1.31. The first kappa shape index (κ1) is 14.3. The summed E-state index contributed by atoms with van der Waals surface area (Å²) in [6.07, 6.45) is 4.53. The fourth-order valence-corrected chi connectivity index (χ4v) is 2.53. The lowest BCUT2D eigenvalue weighted by Gasteiger charge is -2.21. The first-order valence-corrected chi connectivity index (χ1v) is 6.99. The van der Waals surface area contributed by atoms with Gasteiger partial charge in [0.25, 0.3) is 5.56 Å². The maximum atomic E-state index is 12.0. The minimum atomic E-state index is -0.122. The number of allylic oxidation sites excluding steroid dienone is 3. The first-order chi connectivity index (χ1) is 10.6. The number of rotatable bonds is 4. The van der Waals surface area contributed by atoms with Gasteiger partial charge in [-0.1, -0.05) is 18.2 Å². The Kier molecular flexibility index (Phi) is 3.67. The number of hydrogen-bond donors (Lipinski definition) is 1. The fourth-order valence-electron chi connectivity index (χ4n) is 2.53. The van der Waals surface area contributed by atoms with E-state index in [1.807, 2.05) is 43.5 Å². The van der Waals surface area contributed by atoms with Crippen molar-refractivity contribution in [3.63, 3.8) is 0 Å². The molecule has 1 N–H and O–H groups in total. The summed E-state index contributed by atoms with van der Waals surface area (Å²) >= 11 is 0. The molecule has 1 aliphatic heterocycles. The molecule has 0 atom stereocenters. The molecule has 5 nitrogen and oxygen atoms in total. The normalized spacial score (nSPS) is 13.5. The van der Waals surface area contributed by atoms with E-state index in [4.69, 9.17) is 0 Å². The van der Waals surface area contributed by atoms with Crippen LogP contribution in [0.25, 0.3) is 10.9 Å². The Balaban J connectivity index is 1.83. The molecule has 3 rings (SSSR count). The quantitative estimate of drug-likeness (QED) is 0.681. The van der Waals surface area contributed by atoms with Crippen LogP contribution in [0, 0.1) is 6.92 Å². The van der Waals surface area contributed by atoms with Gasteiger partial charge in [0.1, 0.15) is 12.1 Å². The van der Waals surface area contributed by atoms with Gasteiger partial charge in [-0.25, -0.2) is 4.98 Å². The average Bonchev–Trinajstić information content (AvgIpc) is 2.97. The third-order valence-corrected chi connectivity index (χ3v) is 3.65. The van der Waals surface area contributed by atoms with Crippen LogP contribution < -0.4 is 5.56 Å². The zero-order valence-corrected chi connectivity index (χ0v) is 12.5. The van der Waals surface area contributed by atoms with Gasteiger partial charge < -0.3 is 9.88 Å². The second kappa shape index (κ2) is 5.64. The number of H-pyrrole nitrogens is 1. The highest BCUT2D eigenvalue weighted by molar-refractivity contribution is 6.60. The Morgan fingerprint density at radius 2 is 2.18 bits per heavy atom. The number of aldehydes is 1. The molecule has 1 aromatic heterocycles. The van der Waals surface area contributed by atoms with E-state index in [9.17, 15) is 9.59 Å². The molecule has 2 aromatic rings. The molecule has 2 heterocycles. The lowest BCUT2D eigenvalue weighted by atomic mass is 9.69. The van der Waals surface area contributed by atoms with Crippen LogP contribution in [-0.4, -0.2) is 35.5 Å². The number of nitrogens with one attached hydrogen (secondary N) is 1. The number of benzene rings is 1. The summed E-state index contributed by atoms with van der Waals surface area (Å²) in [7, 11) is 3.79. The van der Waals surface area contributed by atoms with Crippen LogP contribution >= 0.6 is 0 Å². The van der Waals surface area contributed by atoms with Crippen molar-refractivity contribution >= 4 is 24.5 Å². The molecule has 0 spiro atoms. The zero-order chi connectivity index (χ0) is 15.7. The van der Waals surface area contributed by atoms with E-state index in [0.29, 0.717) is 28.7 Å². The summed E-state index contributed by atoms with van der Waals surface area (Å²) in [4.78, 5) is 31.8. The number of aromatic amines is 1. The number of nitrogens with zero attached hydrogens (tertiary/aromatic N) is 2. The highest BCUT2D eigenvalue weighted by atomic mass is 16.1. The molecule has 109 valence electrons. The minimum absolute atomic E-state index is 0.122. The number of hydrogen-bond acceptors (Lipinski definition) is 4. The molecule has 0 saturated heterocycles. The van der Waals surface area contributed by atoms with Gasteiger partial charge in [-0.3, -0.25) is 9.59 Å². The summed E-state index contributed by atoms with van der Waals surface area (Å²) in [5.74, 6) is 0.612. The van der Waals surface area contributed by atoms with E-state index in [0.717, 1.165) is 17.4 Å². The Hall–Kier alpha value is -2.63. The predicted molar refractivity (Wildman–Crippen MR) is 86.6 cm³/mol. The van der Waals surface area contributed by atoms with Crippen molar-refractivity contribution in [3.8, 4) is 0 Å². The summed E-state index contributed by atoms with van der Waals surface area (Å²) in [5, 5.41) is 0.590. The molecule has 0 aliphatic carbocycles. The van der Waals surface area contributed by atoms with Crippen LogP contribution in [0.3, 0.4) is 0 Å². The molecule has 6 heteroatoms. The topological polar surface area (TPSA) is 66.1 Å². The second-order valence-electron chi connectivity index (χ2n) is 5.38. The molecule has 1 aliphatic rings. The van der Waals surface area contributed by atoms with E-state index < -0.39 is 0 Å². The largest absolute Gasteiger partial charge is 0.382 e. The monoisotopic (exact) mass is 292 g/mol. The van der Waals surface area contributed by atoms with Crippen molar-refractivity contribution < 1.29 is 4.79 Å². The van der Waals surface area contributed by atoms with E-state index in [2.05, 4.69) is 9.97 Å². The van der Waals surface area contributed by atoms with Crippen molar-refractivity contribution in [1.82, 2.24) is 14.9 Å². The van der Waals surface area contributed by atoms with E-state index in [-0.39, 0.29) is 5.56 Å². The van der Waals surface area contributed by atoms with Crippen LogP contribution in [0.5, 0.6) is 0 Å². The van der Waals surface area contributed by atoms with Crippen LogP contribution in [0.4, 0.5) is 0 Å². The summed E-state index contributed by atoms with van der Waals surface area (Å²) in [6, 6.07) is 5.69. The molecule has 1 aromatic carbocycles. The van der Waals surface area contributed by atoms with Crippen LogP contribution in [0.15, 0.2) is 46.2 Å². The molecular formula is C16H15BN3O2. The molecular weight excluding hydrogens is 277 g/mol. The Labute approximate surface area is 128 Å². The summed E-state index contributed by atoms with van der Waals surface area (Å²) in [6.45, 7) is 2.41. The van der Waals surface area contributed by atoms with Gasteiger partial charge in [0.15, 0.2) is 0 Å². The smallest absolute Gasteiger partial charge is 0.258 e. The van der Waals surface area contributed by atoms with Gasteiger partial charge in [0.05, 0.1) is 10.9 Å². The van der Waals surface area contributed by atoms with Crippen molar-refractivity contribution in [2.24, 2.45) is 0 Å². The molecule has 0 bridgehead atoms. The van der Waals surface area contributed by atoms with Crippen molar-refractivity contribution in [2.45, 2.75) is 13.5 Å². The fraction of sp³-hybridized carbons (Fsp3) is 0.188. The minimum Gasteiger partial charge on any atom is -0.382 e. The molecule has 0 saturated carbocycles. The van der Waals surface area contributed by atoms with Crippen molar-refractivity contribution in [3.05, 3.63) is 63.2 Å². The highest BCUT2D eigenvalue weighted by Crippen LogP contribution is 2.17. The van der Waals surface area contributed by atoms with Crippen molar-refractivity contribution in [2.75, 3.05) is 7.05 Å². The van der Waals surface area contributed by atoms with Gasteiger partial charge in [-0.2, -0.15) is 0 Å². The summed E-state index contributed by atoms with van der Waals surface area (Å²) < 4.78 is 0. The van der Waals surface area contributed by atoms with Gasteiger partial charge in [0.2, 0.25) is 7.28 Å². The first-order valence-electron chi connectivity index (χ1n) is 6.99. The zero-order valence-electron chi connectivity index (χ0n) is 12.5. The molecule has 0 fully saturated rings. The average molecular weight is 292 g/mol. The molecule has 0 amide bonds. The van der Waals surface area contributed by atoms with E-state index in [1.165, 1.54) is 0 Å². The Bertz CT molecular complexity index is 867. The van der Waals surface area contributed by atoms with Gasteiger partial charge in [-0.05, 0) is 35.7 Å². The maximum absolute atomic E-state index is 12.0. The van der Waals surface area contributed by atoms with E-state index >= 15 is 0 Å². The lowest BCUT2D eigenvalue weighted by molar-refractivity contribution is -0.104. The highest BCUT2D eigenvalue weighted by Gasteiger charge is 2.14. The third kappa shape index (κ3) is 2.72. The number of fused-ring (bicyclic) bond motifs is 1. The maximum Gasteiger partial charge on any atom is 0.258 e. The number of aryl methyl sites for hydroxylation is 1. The standard InChI is InChI=1S/C16H15BN3O2/c1-10-18-14-5-3-11(7-13(14)16(22)19-10)8-20(2)15-6-4-12(9-21)17-15/h3-7,9H,8H2,1-2H3,(H,18,19,22). The molecule has 22 heavy (non-hydrogen) atoms. The van der Waals surface area contributed by atoms with Gasteiger partial charge >= 0.3 is 0 Å². The lowest BCUT2D eigenvalue weighted by Crippen LogP contribution is -2.21. The van der Waals surface area contributed by atoms with Crippen LogP contribution in [-0.2, 0) is 11.3 Å². The molecule has 1 radical (unpaired) electrons.